The molecular weight excluding hydrogens is 258 g/mol. The maximum absolute atomic E-state index is 11.9. The minimum Gasteiger partial charge on any atom is -0.406 e. The highest BCUT2D eigenvalue weighted by Crippen LogP contribution is 2.37. The molecule has 0 aliphatic rings. The molecule has 1 rings (SSSR count). The molecule has 16 heavy (non-hydrogen) atoms. The summed E-state index contributed by atoms with van der Waals surface area (Å²) >= 11 is -0.409. The Morgan fingerprint density at radius 2 is 1.38 bits per heavy atom. The Bertz CT molecular complexity index is 306. The fraction of sp³-hybridized carbons (Fsp3) is 0.250. The summed E-state index contributed by atoms with van der Waals surface area (Å²) in [6.45, 7) is 0. The second kappa shape index (κ2) is 4.44. The first-order valence-electron chi connectivity index (χ1n) is 3.77. The van der Waals surface area contributed by atoms with Crippen molar-refractivity contribution in [2.45, 2.75) is 16.8 Å². The van der Waals surface area contributed by atoms with Gasteiger partial charge in [-0.3, -0.25) is 0 Å². The predicted molar refractivity (Wildman–Crippen MR) is 45.0 cm³/mol. The van der Waals surface area contributed by atoms with Crippen LogP contribution >= 0.6 is 11.8 Å². The van der Waals surface area contributed by atoms with Crippen LogP contribution in [0.2, 0.25) is 0 Å². The van der Waals surface area contributed by atoms with E-state index in [9.17, 15) is 26.3 Å². The third-order valence-electron chi connectivity index (χ3n) is 1.29. The second-order valence-electron chi connectivity index (χ2n) is 2.57. The van der Waals surface area contributed by atoms with Crippen molar-refractivity contribution in [1.29, 1.82) is 0 Å². The van der Waals surface area contributed by atoms with Crippen molar-refractivity contribution in [1.82, 2.24) is 0 Å². The molecule has 0 aromatic heterocycles. The van der Waals surface area contributed by atoms with Crippen LogP contribution in [-0.2, 0) is 0 Å². The lowest BCUT2D eigenvalue weighted by atomic mass is 10.3. The van der Waals surface area contributed by atoms with Crippen LogP contribution in [0.5, 0.6) is 5.75 Å². The molecule has 0 aliphatic heterocycles. The molecule has 8 heteroatoms. The molecule has 0 fully saturated rings. The lowest BCUT2D eigenvalue weighted by Crippen LogP contribution is -2.16. The van der Waals surface area contributed by atoms with E-state index in [1.165, 1.54) is 0 Å². The first kappa shape index (κ1) is 13.0. The van der Waals surface area contributed by atoms with Crippen molar-refractivity contribution in [2.75, 3.05) is 0 Å². The highest BCUT2D eigenvalue weighted by Gasteiger charge is 2.32. The summed E-state index contributed by atoms with van der Waals surface area (Å²) in [6, 6.07) is 3.45. The van der Waals surface area contributed by atoms with Crippen molar-refractivity contribution in [3.05, 3.63) is 24.3 Å². The van der Waals surface area contributed by atoms with Crippen LogP contribution in [0.4, 0.5) is 26.3 Å². The van der Waals surface area contributed by atoms with Crippen molar-refractivity contribution in [3.8, 4) is 5.75 Å². The first-order chi connectivity index (χ1) is 7.16. The standard InChI is InChI=1S/C8H4F6OS/c9-7(10,11)15-5-1-3-6(4-2-5)16-8(12,13)14/h1-4H. The van der Waals surface area contributed by atoms with Crippen LogP contribution in [-0.4, -0.2) is 11.9 Å². The highest BCUT2D eigenvalue weighted by atomic mass is 32.2. The van der Waals surface area contributed by atoms with Gasteiger partial charge in [-0.15, -0.1) is 13.2 Å². The minimum atomic E-state index is -4.85. The fourth-order valence-corrected chi connectivity index (χ4v) is 1.38. The van der Waals surface area contributed by atoms with Gasteiger partial charge in [0.05, 0.1) is 0 Å². The number of hydrogen-bond acceptors (Lipinski definition) is 2. The Kier molecular flexibility index (Phi) is 3.61. The molecule has 0 N–H and O–H groups in total. The fourth-order valence-electron chi connectivity index (χ4n) is 0.843. The van der Waals surface area contributed by atoms with Gasteiger partial charge in [0, 0.05) is 4.90 Å². The summed E-state index contributed by atoms with van der Waals surface area (Å²) in [5.41, 5.74) is -4.47. The highest BCUT2D eigenvalue weighted by molar-refractivity contribution is 8.00. The summed E-state index contributed by atoms with van der Waals surface area (Å²) in [4.78, 5) is -0.206. The quantitative estimate of drug-likeness (QED) is 0.583. The van der Waals surface area contributed by atoms with E-state index < -0.39 is 29.4 Å². The van der Waals surface area contributed by atoms with Crippen LogP contribution in [0.15, 0.2) is 29.2 Å². The van der Waals surface area contributed by atoms with Crippen molar-refractivity contribution in [2.24, 2.45) is 0 Å². The molecule has 0 aliphatic carbocycles. The van der Waals surface area contributed by atoms with E-state index in [1.54, 1.807) is 0 Å². The number of ether oxygens (including phenoxy) is 1. The van der Waals surface area contributed by atoms with Gasteiger partial charge in [-0.25, -0.2) is 0 Å². The minimum absolute atomic E-state index is 0.206. The van der Waals surface area contributed by atoms with Gasteiger partial charge in [0.2, 0.25) is 0 Å². The van der Waals surface area contributed by atoms with Crippen molar-refractivity contribution >= 4 is 11.8 Å². The molecule has 0 amide bonds. The number of thioether (sulfide) groups is 1. The molecule has 0 saturated heterocycles. The van der Waals surface area contributed by atoms with E-state index in [0.29, 0.717) is 0 Å². The Balaban J connectivity index is 2.69. The average Bonchev–Trinajstić information content (AvgIpc) is 2.03. The normalized spacial score (nSPS) is 12.6. The maximum atomic E-state index is 11.9. The molecule has 0 heterocycles. The lowest BCUT2D eigenvalue weighted by molar-refractivity contribution is -0.274. The van der Waals surface area contributed by atoms with Gasteiger partial charge >= 0.3 is 11.9 Å². The van der Waals surface area contributed by atoms with E-state index in [1.807, 2.05) is 0 Å². The zero-order valence-corrected chi connectivity index (χ0v) is 8.21. The van der Waals surface area contributed by atoms with Crippen LogP contribution in [0.1, 0.15) is 0 Å². The number of rotatable bonds is 2. The van der Waals surface area contributed by atoms with Crippen LogP contribution in [0.25, 0.3) is 0 Å². The molecule has 0 spiro atoms. The summed E-state index contributed by atoms with van der Waals surface area (Å²) in [5.74, 6) is -0.556. The van der Waals surface area contributed by atoms with Gasteiger partial charge < -0.3 is 4.74 Å². The molecule has 0 bridgehead atoms. The Labute approximate surface area is 90.4 Å². The molecule has 0 saturated carbocycles. The van der Waals surface area contributed by atoms with Gasteiger partial charge in [0.1, 0.15) is 5.75 Å². The lowest BCUT2D eigenvalue weighted by Gasteiger charge is -2.09. The summed E-state index contributed by atoms with van der Waals surface area (Å²) in [5, 5.41) is 0. The zero-order chi connectivity index (χ0) is 12.4. The summed E-state index contributed by atoms with van der Waals surface area (Å²) in [6.07, 6.45) is -4.85. The van der Waals surface area contributed by atoms with Gasteiger partial charge in [-0.2, -0.15) is 13.2 Å². The summed E-state index contributed by atoms with van der Waals surface area (Å²) in [7, 11) is 0. The Hall–Kier alpha value is -1.05. The second-order valence-corrected chi connectivity index (χ2v) is 3.71. The monoisotopic (exact) mass is 262 g/mol. The van der Waals surface area contributed by atoms with Gasteiger partial charge in [-0.1, -0.05) is 0 Å². The molecule has 1 aromatic rings. The first-order valence-corrected chi connectivity index (χ1v) is 4.59. The molecule has 1 aromatic carbocycles. The molecule has 1 nitrogen and oxygen atoms in total. The molecule has 0 radical (unpaired) electrons. The number of halogens is 6. The predicted octanol–water partition coefficient (Wildman–Crippen LogP) is 4.20. The third-order valence-corrected chi connectivity index (χ3v) is 2.03. The topological polar surface area (TPSA) is 9.23 Å². The number of hydrogen-bond donors (Lipinski definition) is 0. The van der Waals surface area contributed by atoms with Crippen LogP contribution in [0.3, 0.4) is 0 Å². The van der Waals surface area contributed by atoms with Gasteiger partial charge in [-0.05, 0) is 36.0 Å². The Morgan fingerprint density at radius 3 is 1.75 bits per heavy atom. The molecular formula is C8H4F6OS. The smallest absolute Gasteiger partial charge is 0.406 e. The SMILES string of the molecule is FC(F)(F)Oc1ccc(SC(F)(F)F)cc1. The Morgan fingerprint density at radius 1 is 0.875 bits per heavy atom. The molecule has 0 unspecified atom stereocenters. The molecule has 90 valence electrons. The van der Waals surface area contributed by atoms with Crippen LogP contribution < -0.4 is 4.74 Å². The van der Waals surface area contributed by atoms with E-state index in [4.69, 9.17) is 0 Å². The number of alkyl halides is 6. The van der Waals surface area contributed by atoms with E-state index in [2.05, 4.69) is 4.74 Å². The molecule has 0 atom stereocenters. The number of benzene rings is 1. The van der Waals surface area contributed by atoms with Gasteiger partial charge in [0.25, 0.3) is 0 Å². The maximum Gasteiger partial charge on any atom is 0.573 e. The van der Waals surface area contributed by atoms with E-state index in [-0.39, 0.29) is 4.90 Å². The van der Waals surface area contributed by atoms with Crippen molar-refractivity contribution in [3.63, 3.8) is 0 Å². The van der Waals surface area contributed by atoms with E-state index >= 15 is 0 Å². The van der Waals surface area contributed by atoms with Crippen molar-refractivity contribution < 1.29 is 31.1 Å². The summed E-state index contributed by atoms with van der Waals surface area (Å²) < 4.78 is 74.2. The largest absolute Gasteiger partial charge is 0.573 e. The third kappa shape index (κ3) is 5.15. The average molecular weight is 262 g/mol. The zero-order valence-electron chi connectivity index (χ0n) is 7.39. The van der Waals surface area contributed by atoms with E-state index in [0.717, 1.165) is 24.3 Å². The van der Waals surface area contributed by atoms with Crippen LogP contribution in [0, 0.1) is 0 Å². The van der Waals surface area contributed by atoms with Gasteiger partial charge in [0.15, 0.2) is 0 Å².